The predicted molar refractivity (Wildman–Crippen MR) is 259 cm³/mol. The summed E-state index contributed by atoms with van der Waals surface area (Å²) in [6, 6.07) is 7.98. The van der Waals surface area contributed by atoms with Crippen LogP contribution in [0.15, 0.2) is 67.7 Å². The van der Waals surface area contributed by atoms with Gasteiger partial charge in [-0.3, -0.25) is 28.4 Å². The first-order chi connectivity index (χ1) is 33.5. The van der Waals surface area contributed by atoms with E-state index in [9.17, 15) is 64.3 Å². The highest BCUT2D eigenvalue weighted by Gasteiger charge is 2.38. The van der Waals surface area contributed by atoms with E-state index in [1.165, 1.54) is 52.1 Å². The standard InChI is InChI=1S/C38H41N6O21P3S4/c1-38(2,70-69-18-60-13-3-4-20-15-44(37(48)43-34(20)41)28-12-6-21(62-28)16-61-67(50,51)65-68(52,53)64-66-49)17-42-35(45)19-5-7-22(25(14-19)36(46)47)29-23-8-10-26(39)32(71(54,55)56)30(23)63-31-24(29)9-11-27(40)33(31)72(57,58)59/h5,7-11,14-15,21,28,39,49,66H,6,12-13,16-18,40H2,1-2H3,(H,42,45)(H,46,47)(H,50,51)(H,52,53)(H2,41,43,48)(H,54,55,56)(H,57,58,59)/t21-,28+/m0/s1. The molecule has 0 saturated carbocycles. The largest absolute Gasteiger partial charge is 0.486 e. The summed E-state index contributed by atoms with van der Waals surface area (Å²) in [7, 11) is -19.5. The van der Waals surface area contributed by atoms with Crippen molar-refractivity contribution in [3.63, 3.8) is 0 Å². The third-order valence-electron chi connectivity index (χ3n) is 9.95. The average molecular weight is 1140 g/mol. The average Bonchev–Trinajstić information content (AvgIpc) is 3.74. The molecule has 0 bridgehead atoms. The molecule has 5 atom stereocenters. The molecule has 6 rings (SSSR count). The molecule has 2 aliphatic heterocycles. The van der Waals surface area contributed by atoms with Gasteiger partial charge >= 0.3 is 27.3 Å². The van der Waals surface area contributed by atoms with Crippen LogP contribution in [-0.4, -0.2) is 104 Å². The first kappa shape index (κ1) is 56.5. The number of carboxylic acids is 1. The highest BCUT2D eigenvalue weighted by atomic mass is 33.1. The van der Waals surface area contributed by atoms with Crippen LogP contribution in [0, 0.1) is 17.3 Å². The van der Waals surface area contributed by atoms with Crippen LogP contribution >= 0.6 is 46.3 Å². The number of ether oxygens (including phenoxy) is 2. The topological polar surface area (TPSA) is 440 Å². The third-order valence-corrected chi connectivity index (χ3v) is 18.2. The lowest BCUT2D eigenvalue weighted by Gasteiger charge is -2.23. The number of phosphoric acid groups is 2. The van der Waals surface area contributed by atoms with Crippen LogP contribution in [-0.2, 0) is 52.0 Å². The van der Waals surface area contributed by atoms with Crippen LogP contribution in [0.3, 0.4) is 0 Å². The number of fused-ring (bicyclic) bond motifs is 2. The van der Waals surface area contributed by atoms with Crippen LogP contribution in [0.1, 0.15) is 59.2 Å². The van der Waals surface area contributed by atoms with Gasteiger partial charge in [0, 0.05) is 39.6 Å². The highest BCUT2D eigenvalue weighted by Crippen LogP contribution is 2.62. The Labute approximate surface area is 416 Å². The van der Waals surface area contributed by atoms with Crippen molar-refractivity contribution < 1.29 is 91.5 Å². The molecule has 1 aliphatic carbocycles. The summed E-state index contributed by atoms with van der Waals surface area (Å²) < 4.78 is 124. The number of hydrogen-bond acceptors (Lipinski definition) is 22. The van der Waals surface area contributed by atoms with Gasteiger partial charge in [-0.1, -0.05) is 39.5 Å². The highest BCUT2D eigenvalue weighted by molar-refractivity contribution is 8.77. The first-order valence-electron chi connectivity index (χ1n) is 20.0. The summed E-state index contributed by atoms with van der Waals surface area (Å²) in [5.74, 6) is 2.44. The second-order valence-corrected chi connectivity index (χ2v) is 25.0. The Morgan fingerprint density at radius 1 is 1.04 bits per heavy atom. The maximum atomic E-state index is 13.5. The zero-order valence-electron chi connectivity index (χ0n) is 36.9. The first-order valence-corrected chi connectivity index (χ1v) is 29.0. The monoisotopic (exact) mass is 1140 g/mol. The Morgan fingerprint density at radius 3 is 2.40 bits per heavy atom. The molecule has 2 aromatic carbocycles. The van der Waals surface area contributed by atoms with Gasteiger partial charge in [0.05, 0.1) is 34.9 Å². The molecule has 1 aromatic heterocycles. The van der Waals surface area contributed by atoms with E-state index in [1.807, 2.05) is 13.8 Å². The van der Waals surface area contributed by atoms with Gasteiger partial charge in [0.25, 0.3) is 26.1 Å². The summed E-state index contributed by atoms with van der Waals surface area (Å²) in [5.41, 5.74) is 8.72. The SMILES string of the molecule is CC(C)(CNC(=O)c1ccc(-c2c3ccc(=N)c(S(=O)(=O)O)c-3oc3c(S(=O)(=O)O)c(N)ccc23)c(C(=O)O)c1)SSCOCC#Cc1cn([C@H]2CC[C@@H](COP(=O)(O)OP(=O)(O)OPO)O2)c(=O)nc1N. The van der Waals surface area contributed by atoms with Crippen LogP contribution in [0.4, 0.5) is 11.5 Å². The Morgan fingerprint density at radius 2 is 1.74 bits per heavy atom. The molecule has 388 valence electrons. The molecule has 34 heteroatoms. The second-order valence-electron chi connectivity index (χ2n) is 15.6. The minimum Gasteiger partial charge on any atom is -0.478 e. The Balaban J connectivity index is 1.07. The zero-order valence-corrected chi connectivity index (χ0v) is 43.0. The lowest BCUT2D eigenvalue weighted by molar-refractivity contribution is -0.0242. The number of hydrogen-bond donors (Lipinski definition) is 10. The molecule has 1 amide bonds. The van der Waals surface area contributed by atoms with E-state index in [2.05, 4.69) is 30.8 Å². The molecular weight excluding hydrogens is 1100 g/mol. The number of phosphoric ester groups is 1. The number of benzene rings is 3. The minimum atomic E-state index is -5.24. The minimum absolute atomic E-state index is 0.0573. The van der Waals surface area contributed by atoms with Crippen LogP contribution in [0.5, 0.6) is 0 Å². The van der Waals surface area contributed by atoms with Gasteiger partial charge in [-0.2, -0.15) is 26.1 Å². The van der Waals surface area contributed by atoms with E-state index in [4.69, 9.17) is 40.2 Å². The number of nitrogens with one attached hydrogen (secondary N) is 2. The normalized spacial score (nSPS) is 17.2. The number of aromatic carboxylic acids is 1. The molecule has 3 unspecified atom stereocenters. The molecule has 3 aromatic rings. The molecule has 72 heavy (non-hydrogen) atoms. The molecule has 1 fully saturated rings. The number of aromatic nitrogens is 2. The lowest BCUT2D eigenvalue weighted by atomic mass is 9.89. The smallest absolute Gasteiger partial charge is 0.478 e. The van der Waals surface area contributed by atoms with Crippen molar-refractivity contribution in [3.8, 4) is 34.3 Å². The quantitative estimate of drug-likeness (QED) is 0.00771. The van der Waals surface area contributed by atoms with Gasteiger partial charge in [0.1, 0.15) is 24.6 Å². The van der Waals surface area contributed by atoms with Crippen LogP contribution < -0.4 is 27.8 Å². The van der Waals surface area contributed by atoms with Crippen molar-refractivity contribution in [1.29, 1.82) is 5.41 Å². The second kappa shape index (κ2) is 22.4. The molecule has 12 N–H and O–H groups in total. The van der Waals surface area contributed by atoms with Crippen LogP contribution in [0.25, 0.3) is 33.4 Å². The van der Waals surface area contributed by atoms with Crippen LogP contribution in [0.2, 0.25) is 0 Å². The molecule has 0 radical (unpaired) electrons. The fourth-order valence-electron chi connectivity index (χ4n) is 6.94. The Kier molecular flexibility index (Phi) is 17.5. The number of nitrogen functional groups attached to an aromatic ring is 2. The van der Waals surface area contributed by atoms with Crippen molar-refractivity contribution in [2.75, 3.05) is 37.2 Å². The summed E-state index contributed by atoms with van der Waals surface area (Å²) in [6.45, 7) is 3.00. The number of nitrogens with two attached hydrogens (primary N) is 2. The summed E-state index contributed by atoms with van der Waals surface area (Å²) in [6.07, 6.45) is -0.0187. The van der Waals surface area contributed by atoms with Crippen molar-refractivity contribution in [1.82, 2.24) is 14.9 Å². The van der Waals surface area contributed by atoms with Gasteiger partial charge in [-0.05, 0) is 68.7 Å². The summed E-state index contributed by atoms with van der Waals surface area (Å²) >= 11 is 0. The van der Waals surface area contributed by atoms with E-state index in [0.29, 0.717) is 0 Å². The Bertz CT molecular complexity index is 3460. The lowest BCUT2D eigenvalue weighted by Crippen LogP contribution is -2.36. The van der Waals surface area contributed by atoms with Gasteiger partial charge in [-0.15, -0.1) is 0 Å². The fourth-order valence-corrected chi connectivity index (χ4v) is 13.0. The molecule has 0 spiro atoms. The number of nitrogens with zero attached hydrogens (tertiary/aromatic N) is 2. The Hall–Kier alpha value is -4.80. The molecular formula is C38H41N6O21P3S4. The van der Waals surface area contributed by atoms with E-state index in [-0.39, 0.29) is 71.0 Å². The number of carbonyl (C=O) groups is 2. The van der Waals surface area contributed by atoms with Crippen molar-refractivity contribution in [3.05, 3.63) is 81.2 Å². The van der Waals surface area contributed by atoms with E-state index in [0.717, 1.165) is 22.8 Å². The van der Waals surface area contributed by atoms with Gasteiger partial charge in [-0.25, -0.2) is 23.0 Å². The van der Waals surface area contributed by atoms with E-state index < -0.39 is 124 Å². The molecule has 27 nitrogen and oxygen atoms in total. The van der Waals surface area contributed by atoms with Crippen molar-refractivity contribution >= 4 is 101 Å². The predicted octanol–water partition coefficient (Wildman–Crippen LogP) is 3.94. The van der Waals surface area contributed by atoms with E-state index >= 15 is 0 Å². The maximum absolute atomic E-state index is 13.5. The van der Waals surface area contributed by atoms with E-state index in [1.54, 1.807) is 0 Å². The molecule has 3 aliphatic rings. The maximum Gasteiger partial charge on any atom is 0.486 e. The van der Waals surface area contributed by atoms with Crippen molar-refractivity contribution in [2.45, 2.75) is 53.6 Å². The number of rotatable bonds is 20. The van der Waals surface area contributed by atoms with Gasteiger partial charge < -0.3 is 50.5 Å². The summed E-state index contributed by atoms with van der Waals surface area (Å²) in [4.78, 5) is 68.3. The molecule has 1 saturated heterocycles. The van der Waals surface area contributed by atoms with Gasteiger partial charge in [0.15, 0.2) is 30.2 Å². The zero-order chi connectivity index (χ0) is 53.1. The number of carboxylic acid groups (broad SMARTS) is 1. The number of amides is 1. The molecule has 3 heterocycles. The van der Waals surface area contributed by atoms with Crippen molar-refractivity contribution in [2.24, 2.45) is 0 Å². The summed E-state index contributed by atoms with van der Waals surface area (Å²) in [5, 5.41) is 20.4. The fraction of sp³-hybridized carbons (Fsp3) is 0.289. The number of anilines is 2. The number of carbonyl (C=O) groups excluding carboxylic acids is 1. The third kappa shape index (κ3) is 13.7. The van der Waals surface area contributed by atoms with Gasteiger partial charge in [0.2, 0.25) is 0 Å².